The van der Waals surface area contributed by atoms with E-state index in [0.29, 0.717) is 17.8 Å². The van der Waals surface area contributed by atoms with Crippen molar-refractivity contribution in [2.24, 2.45) is 11.8 Å². The number of aliphatic hydroxyl groups is 1. The maximum absolute atomic E-state index is 11.3. The molecule has 3 nitrogen and oxygen atoms in total. The smallest absolute Gasteiger partial charge is 0.0995 e. The van der Waals surface area contributed by atoms with E-state index >= 15 is 0 Å². The van der Waals surface area contributed by atoms with Crippen LogP contribution in [0.25, 0.3) is 5.52 Å². The van der Waals surface area contributed by atoms with Gasteiger partial charge in [0.15, 0.2) is 0 Å². The van der Waals surface area contributed by atoms with E-state index in [1.807, 2.05) is 26.4 Å². The topological polar surface area (TPSA) is 37.5 Å². The van der Waals surface area contributed by atoms with Gasteiger partial charge in [-0.1, -0.05) is 38.1 Å². The third kappa shape index (κ3) is 4.25. The third-order valence-electron chi connectivity index (χ3n) is 6.34. The first-order chi connectivity index (χ1) is 13.7. The van der Waals surface area contributed by atoms with E-state index in [4.69, 9.17) is 0 Å². The van der Waals surface area contributed by atoms with Crippen molar-refractivity contribution < 1.29 is 5.11 Å². The van der Waals surface area contributed by atoms with Crippen LogP contribution >= 0.6 is 0 Å². The summed E-state index contributed by atoms with van der Waals surface area (Å²) in [5, 5.41) is 11.3. The molecule has 1 unspecified atom stereocenters. The van der Waals surface area contributed by atoms with E-state index in [1.54, 1.807) is 0 Å². The highest BCUT2D eigenvalue weighted by Gasteiger charge is 2.34. The number of allylic oxidation sites excluding steroid dienone is 4. The van der Waals surface area contributed by atoms with Gasteiger partial charge in [-0.2, -0.15) is 0 Å². The van der Waals surface area contributed by atoms with Crippen LogP contribution in [0.4, 0.5) is 0 Å². The normalized spacial score (nSPS) is 24.2. The van der Waals surface area contributed by atoms with Gasteiger partial charge in [-0.05, 0) is 87.3 Å². The van der Waals surface area contributed by atoms with Crippen LogP contribution in [0.1, 0.15) is 89.5 Å². The van der Waals surface area contributed by atoms with Crippen LogP contribution in [0.3, 0.4) is 0 Å². The molecule has 2 saturated carbocycles. The highest BCUT2D eigenvalue weighted by Crippen LogP contribution is 2.46. The third-order valence-corrected chi connectivity index (χ3v) is 6.34. The van der Waals surface area contributed by atoms with Gasteiger partial charge in [0.1, 0.15) is 0 Å². The molecule has 0 amide bonds. The van der Waals surface area contributed by atoms with Crippen molar-refractivity contribution in [2.45, 2.75) is 78.2 Å². The first-order valence-corrected chi connectivity index (χ1v) is 11.1. The van der Waals surface area contributed by atoms with Crippen LogP contribution in [-0.2, 0) is 0 Å². The SMILES string of the molecule is C/C=C\C(=C/C)C1CCC(C(O)c2c(C3CC3)ccc3cncn23)CC1.CC. The van der Waals surface area contributed by atoms with E-state index in [1.165, 1.54) is 36.8 Å². The number of rotatable bonds is 5. The van der Waals surface area contributed by atoms with Crippen LogP contribution in [0.2, 0.25) is 0 Å². The molecule has 2 aliphatic carbocycles. The molecule has 0 radical (unpaired) electrons. The Bertz CT molecular complexity index is 820. The molecule has 0 aliphatic heterocycles. The van der Waals surface area contributed by atoms with Gasteiger partial charge >= 0.3 is 0 Å². The van der Waals surface area contributed by atoms with Crippen molar-refractivity contribution in [2.75, 3.05) is 0 Å². The van der Waals surface area contributed by atoms with Gasteiger partial charge in [-0.25, -0.2) is 4.98 Å². The molecule has 28 heavy (non-hydrogen) atoms. The lowest BCUT2D eigenvalue weighted by atomic mass is 9.75. The predicted octanol–water partition coefficient (Wildman–Crippen LogP) is 6.60. The van der Waals surface area contributed by atoms with Gasteiger partial charge in [0.2, 0.25) is 0 Å². The molecule has 1 atom stereocenters. The summed E-state index contributed by atoms with van der Waals surface area (Å²) in [6.45, 7) is 8.22. The lowest BCUT2D eigenvalue weighted by Gasteiger charge is -2.33. The summed E-state index contributed by atoms with van der Waals surface area (Å²) >= 11 is 0. The second-order valence-corrected chi connectivity index (χ2v) is 7.98. The minimum Gasteiger partial charge on any atom is -0.387 e. The highest BCUT2D eigenvalue weighted by molar-refractivity contribution is 5.50. The van der Waals surface area contributed by atoms with Crippen LogP contribution in [0.15, 0.2) is 48.5 Å². The molecule has 0 bridgehead atoms. The zero-order valence-corrected chi connectivity index (χ0v) is 17.9. The summed E-state index contributed by atoms with van der Waals surface area (Å²) < 4.78 is 2.13. The maximum Gasteiger partial charge on any atom is 0.0995 e. The lowest BCUT2D eigenvalue weighted by molar-refractivity contribution is 0.0722. The van der Waals surface area contributed by atoms with Gasteiger partial charge in [0, 0.05) is 0 Å². The van der Waals surface area contributed by atoms with Crippen molar-refractivity contribution >= 4 is 5.52 Å². The molecule has 152 valence electrons. The summed E-state index contributed by atoms with van der Waals surface area (Å²) in [7, 11) is 0. The number of imidazole rings is 1. The van der Waals surface area contributed by atoms with Gasteiger partial charge in [0.25, 0.3) is 0 Å². The minimum absolute atomic E-state index is 0.348. The standard InChI is InChI=1S/C23H30N2O.C2H6/c1-3-5-16(4-2)17-6-10-19(11-7-17)23(26)22-21(18-8-9-18)13-12-20-14-24-15-25(20)22;1-2/h3-5,12-15,17-19,23,26H,6-11H2,1-2H3;1-2H3/b5-3-,16-4+;. The summed E-state index contributed by atoms with van der Waals surface area (Å²) in [4.78, 5) is 4.31. The summed E-state index contributed by atoms with van der Waals surface area (Å²) in [5.41, 5.74) is 4.98. The number of hydrogen-bond donors (Lipinski definition) is 1. The lowest BCUT2D eigenvalue weighted by Crippen LogP contribution is -2.23. The first kappa shape index (κ1) is 20.9. The van der Waals surface area contributed by atoms with Crippen LogP contribution in [-0.4, -0.2) is 14.5 Å². The Labute approximate surface area is 170 Å². The molecule has 0 spiro atoms. The Hall–Kier alpha value is -1.87. The molecule has 0 aromatic carbocycles. The van der Waals surface area contributed by atoms with E-state index in [-0.39, 0.29) is 6.10 Å². The molecule has 4 rings (SSSR count). The summed E-state index contributed by atoms with van der Waals surface area (Å²) in [5.74, 6) is 1.62. The van der Waals surface area contributed by atoms with Crippen molar-refractivity contribution in [3.8, 4) is 0 Å². The van der Waals surface area contributed by atoms with Crippen molar-refractivity contribution in [3.05, 3.63) is 59.7 Å². The van der Waals surface area contributed by atoms with E-state index in [0.717, 1.165) is 24.1 Å². The molecule has 3 heteroatoms. The zero-order chi connectivity index (χ0) is 20.1. The van der Waals surface area contributed by atoms with E-state index in [9.17, 15) is 5.11 Å². The Morgan fingerprint density at radius 2 is 1.82 bits per heavy atom. The Morgan fingerprint density at radius 3 is 2.43 bits per heavy atom. The van der Waals surface area contributed by atoms with Gasteiger partial charge < -0.3 is 9.51 Å². The quantitative estimate of drug-likeness (QED) is 0.593. The average molecular weight is 381 g/mol. The van der Waals surface area contributed by atoms with Crippen LogP contribution < -0.4 is 0 Å². The second kappa shape index (κ2) is 9.56. The van der Waals surface area contributed by atoms with Gasteiger partial charge in [-0.3, -0.25) is 0 Å². The second-order valence-electron chi connectivity index (χ2n) is 7.98. The number of nitrogens with zero attached hydrogens (tertiary/aromatic N) is 2. The zero-order valence-electron chi connectivity index (χ0n) is 17.9. The highest BCUT2D eigenvalue weighted by atomic mass is 16.3. The molecule has 2 heterocycles. The Morgan fingerprint density at radius 1 is 1.11 bits per heavy atom. The van der Waals surface area contributed by atoms with Crippen LogP contribution in [0, 0.1) is 11.8 Å². The van der Waals surface area contributed by atoms with Crippen molar-refractivity contribution in [3.63, 3.8) is 0 Å². The van der Waals surface area contributed by atoms with Gasteiger partial charge in [-0.15, -0.1) is 0 Å². The average Bonchev–Trinajstić information content (AvgIpc) is 3.49. The molecule has 2 aromatic rings. The largest absolute Gasteiger partial charge is 0.387 e. The Balaban J connectivity index is 0.00000109. The molecule has 0 saturated heterocycles. The number of hydrogen-bond acceptors (Lipinski definition) is 2. The molecule has 2 fully saturated rings. The molecular weight excluding hydrogens is 344 g/mol. The molecule has 2 aromatic heterocycles. The number of aliphatic hydroxyl groups excluding tert-OH is 1. The number of aromatic nitrogens is 2. The summed E-state index contributed by atoms with van der Waals surface area (Å²) in [6, 6.07) is 4.37. The summed E-state index contributed by atoms with van der Waals surface area (Å²) in [6.07, 6.45) is 17.0. The van der Waals surface area contributed by atoms with Crippen molar-refractivity contribution in [1.29, 1.82) is 0 Å². The molecule has 1 N–H and O–H groups in total. The fourth-order valence-electron chi connectivity index (χ4n) is 4.73. The monoisotopic (exact) mass is 380 g/mol. The number of pyridine rings is 1. The minimum atomic E-state index is -0.389. The fraction of sp³-hybridized carbons (Fsp3) is 0.560. The van der Waals surface area contributed by atoms with E-state index < -0.39 is 0 Å². The van der Waals surface area contributed by atoms with Crippen LogP contribution in [0.5, 0.6) is 0 Å². The van der Waals surface area contributed by atoms with E-state index in [2.05, 4.69) is 53.6 Å². The van der Waals surface area contributed by atoms with Gasteiger partial charge in [0.05, 0.1) is 29.8 Å². The van der Waals surface area contributed by atoms with Crippen molar-refractivity contribution in [1.82, 2.24) is 9.38 Å². The predicted molar refractivity (Wildman–Crippen MR) is 117 cm³/mol. The Kier molecular flexibility index (Phi) is 7.12. The first-order valence-electron chi connectivity index (χ1n) is 11.1. The molecular formula is C25H36N2O. The molecule has 2 aliphatic rings. The fourth-order valence-corrected chi connectivity index (χ4v) is 4.73. The maximum atomic E-state index is 11.3. The number of fused-ring (bicyclic) bond motifs is 1.